The number of ether oxygens (including phenoxy) is 1. The number of hydrogen-bond acceptors (Lipinski definition) is 3. The molecule has 1 atom stereocenters. The number of hydrogen-bond donors (Lipinski definition) is 1. The molecule has 0 aliphatic carbocycles. The SMILES string of the molecule is CCCOCCC(Cc1nccn1C)NC. The van der Waals surface area contributed by atoms with Gasteiger partial charge in [0.2, 0.25) is 0 Å². The van der Waals surface area contributed by atoms with Crippen molar-refractivity contribution >= 4 is 0 Å². The van der Waals surface area contributed by atoms with Crippen molar-refractivity contribution in [3.05, 3.63) is 18.2 Å². The molecule has 1 unspecified atom stereocenters. The van der Waals surface area contributed by atoms with Gasteiger partial charge in [-0.05, 0) is 19.9 Å². The molecule has 0 saturated carbocycles. The Kier molecular flexibility index (Phi) is 6.11. The van der Waals surface area contributed by atoms with E-state index >= 15 is 0 Å². The number of imidazole rings is 1. The number of aromatic nitrogens is 2. The molecule has 0 spiro atoms. The Balaban J connectivity index is 2.29. The third-order valence-corrected chi connectivity index (χ3v) is 2.72. The van der Waals surface area contributed by atoms with Crippen LogP contribution in [0.5, 0.6) is 0 Å². The largest absolute Gasteiger partial charge is 0.381 e. The standard InChI is InChI=1S/C12H23N3O/c1-4-8-16-9-5-11(13-2)10-12-14-6-7-15(12)3/h6-7,11,13H,4-5,8-10H2,1-3H3. The molecule has 1 aromatic heterocycles. The van der Waals surface area contributed by atoms with Gasteiger partial charge in [0, 0.05) is 45.1 Å². The van der Waals surface area contributed by atoms with Crippen LogP contribution in [-0.4, -0.2) is 35.9 Å². The lowest BCUT2D eigenvalue weighted by Gasteiger charge is -2.15. The second-order valence-corrected chi connectivity index (χ2v) is 4.05. The number of nitrogens with one attached hydrogen (secondary N) is 1. The molecule has 1 N–H and O–H groups in total. The van der Waals surface area contributed by atoms with E-state index in [-0.39, 0.29) is 0 Å². The molecule has 1 rings (SSSR count). The van der Waals surface area contributed by atoms with Gasteiger partial charge in [0.15, 0.2) is 0 Å². The van der Waals surface area contributed by atoms with E-state index in [1.54, 1.807) is 0 Å². The summed E-state index contributed by atoms with van der Waals surface area (Å²) in [6.07, 6.45) is 6.90. The molecule has 16 heavy (non-hydrogen) atoms. The molecule has 0 saturated heterocycles. The summed E-state index contributed by atoms with van der Waals surface area (Å²) in [5.41, 5.74) is 0. The summed E-state index contributed by atoms with van der Waals surface area (Å²) in [6, 6.07) is 0.443. The van der Waals surface area contributed by atoms with E-state index in [9.17, 15) is 0 Å². The fourth-order valence-corrected chi connectivity index (χ4v) is 1.63. The van der Waals surface area contributed by atoms with Crippen LogP contribution in [0.4, 0.5) is 0 Å². The third kappa shape index (κ3) is 4.33. The van der Waals surface area contributed by atoms with Crippen LogP contribution < -0.4 is 5.32 Å². The van der Waals surface area contributed by atoms with Crippen molar-refractivity contribution in [2.24, 2.45) is 7.05 Å². The summed E-state index contributed by atoms with van der Waals surface area (Å²) in [6.45, 7) is 3.81. The summed E-state index contributed by atoms with van der Waals surface area (Å²) < 4.78 is 7.56. The van der Waals surface area contributed by atoms with Crippen molar-refractivity contribution in [1.29, 1.82) is 0 Å². The minimum atomic E-state index is 0.443. The Morgan fingerprint density at radius 2 is 2.31 bits per heavy atom. The lowest BCUT2D eigenvalue weighted by Crippen LogP contribution is -2.30. The maximum absolute atomic E-state index is 5.50. The van der Waals surface area contributed by atoms with Crippen LogP contribution in [0.2, 0.25) is 0 Å². The topological polar surface area (TPSA) is 39.1 Å². The first-order valence-corrected chi connectivity index (χ1v) is 5.99. The lowest BCUT2D eigenvalue weighted by molar-refractivity contribution is 0.125. The molecule has 0 aliphatic heterocycles. The fraction of sp³-hybridized carbons (Fsp3) is 0.750. The summed E-state index contributed by atoms with van der Waals surface area (Å²) in [7, 11) is 4.02. The van der Waals surface area contributed by atoms with Gasteiger partial charge in [0.25, 0.3) is 0 Å². The molecule has 0 bridgehead atoms. The maximum atomic E-state index is 5.50. The number of rotatable bonds is 8. The van der Waals surface area contributed by atoms with Crippen LogP contribution in [-0.2, 0) is 18.2 Å². The van der Waals surface area contributed by atoms with Gasteiger partial charge < -0.3 is 14.6 Å². The quantitative estimate of drug-likeness (QED) is 0.679. The van der Waals surface area contributed by atoms with Crippen molar-refractivity contribution in [3.63, 3.8) is 0 Å². The highest BCUT2D eigenvalue weighted by molar-refractivity contribution is 4.94. The van der Waals surface area contributed by atoms with Crippen molar-refractivity contribution in [2.45, 2.75) is 32.2 Å². The summed E-state index contributed by atoms with van der Waals surface area (Å²) >= 11 is 0. The zero-order valence-corrected chi connectivity index (χ0v) is 10.6. The number of aryl methyl sites for hydroxylation is 1. The van der Waals surface area contributed by atoms with Gasteiger partial charge in [-0.2, -0.15) is 0 Å². The highest BCUT2D eigenvalue weighted by atomic mass is 16.5. The minimum Gasteiger partial charge on any atom is -0.381 e. The maximum Gasteiger partial charge on any atom is 0.109 e. The predicted octanol–water partition coefficient (Wildman–Crippen LogP) is 1.37. The summed E-state index contributed by atoms with van der Waals surface area (Å²) in [5, 5.41) is 3.31. The van der Waals surface area contributed by atoms with Crippen LogP contribution >= 0.6 is 0 Å². The van der Waals surface area contributed by atoms with E-state index in [0.717, 1.165) is 38.3 Å². The van der Waals surface area contributed by atoms with Crippen LogP contribution in [0.15, 0.2) is 12.4 Å². The number of likely N-dealkylation sites (N-methyl/N-ethyl adjacent to an activating group) is 1. The van der Waals surface area contributed by atoms with Gasteiger partial charge in [-0.15, -0.1) is 0 Å². The molecule has 0 aliphatic rings. The van der Waals surface area contributed by atoms with Crippen LogP contribution in [0.25, 0.3) is 0 Å². The van der Waals surface area contributed by atoms with E-state index in [1.807, 2.05) is 26.5 Å². The second kappa shape index (κ2) is 7.41. The molecule has 0 radical (unpaired) electrons. The summed E-state index contributed by atoms with van der Waals surface area (Å²) in [4.78, 5) is 4.33. The molecular formula is C12H23N3O. The average Bonchev–Trinajstić information content (AvgIpc) is 2.68. The van der Waals surface area contributed by atoms with E-state index in [0.29, 0.717) is 6.04 Å². The minimum absolute atomic E-state index is 0.443. The van der Waals surface area contributed by atoms with Crippen LogP contribution in [0.3, 0.4) is 0 Å². The smallest absolute Gasteiger partial charge is 0.109 e. The van der Waals surface area contributed by atoms with Gasteiger partial charge in [0.1, 0.15) is 5.82 Å². The number of nitrogens with zero attached hydrogens (tertiary/aromatic N) is 2. The van der Waals surface area contributed by atoms with Gasteiger partial charge in [-0.3, -0.25) is 0 Å². The predicted molar refractivity (Wildman–Crippen MR) is 65.5 cm³/mol. The zero-order chi connectivity index (χ0) is 11.8. The molecule has 0 aromatic carbocycles. The first-order chi connectivity index (χ1) is 7.77. The molecule has 1 heterocycles. The molecule has 4 nitrogen and oxygen atoms in total. The van der Waals surface area contributed by atoms with E-state index in [2.05, 4.69) is 21.8 Å². The van der Waals surface area contributed by atoms with Crippen molar-refractivity contribution in [1.82, 2.24) is 14.9 Å². The Morgan fingerprint density at radius 1 is 1.50 bits per heavy atom. The van der Waals surface area contributed by atoms with Crippen LogP contribution in [0.1, 0.15) is 25.6 Å². The summed E-state index contributed by atoms with van der Waals surface area (Å²) in [5.74, 6) is 1.12. The Labute approximate surface area is 98.0 Å². The molecule has 4 heteroatoms. The highest BCUT2D eigenvalue weighted by Crippen LogP contribution is 2.03. The first-order valence-electron chi connectivity index (χ1n) is 5.99. The molecular weight excluding hydrogens is 202 g/mol. The Morgan fingerprint density at radius 3 is 2.88 bits per heavy atom. The second-order valence-electron chi connectivity index (χ2n) is 4.05. The van der Waals surface area contributed by atoms with Crippen molar-refractivity contribution in [2.75, 3.05) is 20.3 Å². The molecule has 0 amide bonds. The Bertz CT molecular complexity index is 286. The van der Waals surface area contributed by atoms with E-state index in [1.165, 1.54) is 0 Å². The van der Waals surface area contributed by atoms with Gasteiger partial charge in [-0.1, -0.05) is 6.92 Å². The fourth-order valence-electron chi connectivity index (χ4n) is 1.63. The molecule has 0 fully saturated rings. The van der Waals surface area contributed by atoms with Crippen molar-refractivity contribution in [3.8, 4) is 0 Å². The Hall–Kier alpha value is -0.870. The normalized spacial score (nSPS) is 12.9. The van der Waals surface area contributed by atoms with Gasteiger partial charge in [0.05, 0.1) is 0 Å². The van der Waals surface area contributed by atoms with E-state index in [4.69, 9.17) is 4.74 Å². The van der Waals surface area contributed by atoms with Crippen LogP contribution in [0, 0.1) is 0 Å². The van der Waals surface area contributed by atoms with E-state index < -0.39 is 0 Å². The third-order valence-electron chi connectivity index (χ3n) is 2.72. The van der Waals surface area contributed by atoms with Crippen molar-refractivity contribution < 1.29 is 4.74 Å². The van der Waals surface area contributed by atoms with Gasteiger partial charge >= 0.3 is 0 Å². The molecule has 1 aromatic rings. The highest BCUT2D eigenvalue weighted by Gasteiger charge is 2.09. The zero-order valence-electron chi connectivity index (χ0n) is 10.6. The lowest BCUT2D eigenvalue weighted by atomic mass is 10.1. The van der Waals surface area contributed by atoms with Gasteiger partial charge in [-0.25, -0.2) is 4.98 Å². The first kappa shape index (κ1) is 13.2. The molecule has 92 valence electrons. The monoisotopic (exact) mass is 225 g/mol. The average molecular weight is 225 g/mol.